The van der Waals surface area contributed by atoms with Crippen LogP contribution in [0.1, 0.15) is 11.4 Å². The number of benzene rings is 2. The highest BCUT2D eigenvalue weighted by molar-refractivity contribution is 6.30. The summed E-state index contributed by atoms with van der Waals surface area (Å²) in [6.07, 6.45) is 0. The highest BCUT2D eigenvalue weighted by atomic mass is 35.5. The van der Waals surface area contributed by atoms with Gasteiger partial charge in [-0.05, 0) is 50.2 Å². The maximum atomic E-state index is 13.8. The molecule has 1 amide bonds. The van der Waals surface area contributed by atoms with Gasteiger partial charge in [-0.1, -0.05) is 11.6 Å². The van der Waals surface area contributed by atoms with Gasteiger partial charge in [-0.3, -0.25) is 9.59 Å². The number of nitrogens with one attached hydrogen (secondary N) is 1. The molecule has 10 heteroatoms. The molecule has 7 nitrogen and oxygen atoms in total. The van der Waals surface area contributed by atoms with Crippen molar-refractivity contribution in [2.45, 2.75) is 20.4 Å². The molecule has 0 atom stereocenters. The Kier molecular flexibility index (Phi) is 5.28. The molecule has 2 aromatic carbocycles. The van der Waals surface area contributed by atoms with Gasteiger partial charge in [-0.15, -0.1) is 0 Å². The predicted octanol–water partition coefficient (Wildman–Crippen LogP) is 3.77. The zero-order valence-electron chi connectivity index (χ0n) is 16.5. The minimum atomic E-state index is -0.916. The Balaban J connectivity index is 1.70. The molecule has 0 bridgehead atoms. The van der Waals surface area contributed by atoms with Crippen molar-refractivity contribution in [3.63, 3.8) is 0 Å². The largest absolute Gasteiger partial charge is 0.322 e. The minimum Gasteiger partial charge on any atom is -0.322 e. The van der Waals surface area contributed by atoms with Crippen LogP contribution >= 0.6 is 11.6 Å². The monoisotopic (exact) mass is 443 g/mol. The summed E-state index contributed by atoms with van der Waals surface area (Å²) in [5.74, 6) is -2.36. The molecule has 2 heterocycles. The van der Waals surface area contributed by atoms with Crippen LogP contribution in [0.2, 0.25) is 5.02 Å². The summed E-state index contributed by atoms with van der Waals surface area (Å²) in [7, 11) is 0. The van der Waals surface area contributed by atoms with Gasteiger partial charge in [0.1, 0.15) is 23.7 Å². The average molecular weight is 444 g/mol. The first kappa shape index (κ1) is 20.7. The highest BCUT2D eigenvalue weighted by Gasteiger charge is 2.19. The quantitative estimate of drug-likeness (QED) is 0.520. The molecule has 0 aliphatic heterocycles. The Morgan fingerprint density at radius 3 is 2.48 bits per heavy atom. The number of anilines is 1. The zero-order valence-corrected chi connectivity index (χ0v) is 17.2. The van der Waals surface area contributed by atoms with E-state index >= 15 is 0 Å². The van der Waals surface area contributed by atoms with Crippen LogP contribution in [0.3, 0.4) is 0 Å². The number of carbonyl (C=O) groups is 1. The maximum absolute atomic E-state index is 13.8. The van der Waals surface area contributed by atoms with Gasteiger partial charge >= 0.3 is 0 Å². The summed E-state index contributed by atoms with van der Waals surface area (Å²) in [5, 5.41) is 11.9. The molecule has 0 spiro atoms. The topological polar surface area (TPSA) is 81.8 Å². The number of halogens is 3. The van der Waals surface area contributed by atoms with Crippen LogP contribution < -0.4 is 10.9 Å². The number of aryl methyl sites for hydroxylation is 2. The molecule has 31 heavy (non-hydrogen) atoms. The van der Waals surface area contributed by atoms with Gasteiger partial charge in [0.15, 0.2) is 0 Å². The number of aromatic nitrogens is 4. The summed E-state index contributed by atoms with van der Waals surface area (Å²) in [6.45, 7) is 2.97. The first-order valence-corrected chi connectivity index (χ1v) is 9.60. The van der Waals surface area contributed by atoms with E-state index in [4.69, 9.17) is 11.6 Å². The summed E-state index contributed by atoms with van der Waals surface area (Å²) >= 11 is 5.94. The maximum Gasteiger partial charge on any atom is 0.278 e. The molecule has 0 saturated heterocycles. The Hall–Kier alpha value is -3.59. The van der Waals surface area contributed by atoms with Crippen LogP contribution in [0.15, 0.2) is 47.3 Å². The minimum absolute atomic E-state index is 0.191. The SMILES string of the molecule is Cc1nn(CC(=O)Nc2ccc(F)cc2F)c(=O)c2c(C)n(-c3ccc(Cl)cc3)nc12. The molecule has 0 unspecified atom stereocenters. The normalized spacial score (nSPS) is 11.1. The molecule has 0 saturated carbocycles. The van der Waals surface area contributed by atoms with Gasteiger partial charge in [-0.2, -0.15) is 10.2 Å². The molecule has 0 fully saturated rings. The lowest BCUT2D eigenvalue weighted by Crippen LogP contribution is -2.30. The first-order valence-electron chi connectivity index (χ1n) is 9.22. The predicted molar refractivity (Wildman–Crippen MR) is 113 cm³/mol. The molecule has 4 aromatic rings. The van der Waals surface area contributed by atoms with Gasteiger partial charge in [0.2, 0.25) is 5.91 Å². The third-order valence-electron chi connectivity index (χ3n) is 4.75. The van der Waals surface area contributed by atoms with Gasteiger partial charge in [0.25, 0.3) is 5.56 Å². The van der Waals surface area contributed by atoms with E-state index in [1.807, 2.05) is 0 Å². The van der Waals surface area contributed by atoms with E-state index in [2.05, 4.69) is 15.5 Å². The number of hydrogen-bond acceptors (Lipinski definition) is 4. The third kappa shape index (κ3) is 3.91. The van der Waals surface area contributed by atoms with Crippen LogP contribution in [-0.4, -0.2) is 25.5 Å². The molecule has 0 radical (unpaired) electrons. The van der Waals surface area contributed by atoms with Gasteiger partial charge in [0, 0.05) is 11.1 Å². The molecule has 4 rings (SSSR count). The highest BCUT2D eigenvalue weighted by Crippen LogP contribution is 2.21. The number of amides is 1. The average Bonchev–Trinajstić information content (AvgIpc) is 3.07. The van der Waals surface area contributed by atoms with E-state index in [1.54, 1.807) is 42.8 Å². The lowest BCUT2D eigenvalue weighted by Gasteiger charge is -2.08. The second-order valence-corrected chi connectivity index (χ2v) is 7.35. The Morgan fingerprint density at radius 2 is 1.81 bits per heavy atom. The number of fused-ring (bicyclic) bond motifs is 1. The van der Waals surface area contributed by atoms with E-state index in [0.717, 1.165) is 16.8 Å². The summed E-state index contributed by atoms with van der Waals surface area (Å²) < 4.78 is 29.4. The van der Waals surface area contributed by atoms with E-state index in [1.165, 1.54) is 0 Å². The van der Waals surface area contributed by atoms with E-state index in [9.17, 15) is 18.4 Å². The lowest BCUT2D eigenvalue weighted by atomic mass is 10.2. The van der Waals surface area contributed by atoms with Crippen molar-refractivity contribution in [2.24, 2.45) is 0 Å². The fourth-order valence-electron chi connectivity index (χ4n) is 3.27. The van der Waals surface area contributed by atoms with Crippen molar-refractivity contribution in [3.05, 3.63) is 80.9 Å². The molecule has 0 aliphatic carbocycles. The van der Waals surface area contributed by atoms with Gasteiger partial charge in [0.05, 0.1) is 28.1 Å². The number of nitrogens with zero attached hydrogens (tertiary/aromatic N) is 4. The van der Waals surface area contributed by atoms with Crippen LogP contribution in [0.25, 0.3) is 16.6 Å². The number of hydrogen-bond donors (Lipinski definition) is 1. The van der Waals surface area contributed by atoms with E-state index < -0.39 is 29.6 Å². The van der Waals surface area contributed by atoms with Crippen molar-refractivity contribution < 1.29 is 13.6 Å². The summed E-state index contributed by atoms with van der Waals surface area (Å²) in [4.78, 5) is 25.4. The standard InChI is InChI=1S/C21H16ClF2N5O2/c1-11-20-19(12(2)29(27-20)15-6-3-13(22)4-7-15)21(31)28(26-11)10-18(30)25-17-8-5-14(23)9-16(17)24/h3-9H,10H2,1-2H3,(H,25,30). The van der Waals surface area contributed by atoms with Crippen molar-refractivity contribution in [2.75, 3.05) is 5.32 Å². The fourth-order valence-corrected chi connectivity index (χ4v) is 3.40. The van der Waals surface area contributed by atoms with Crippen LogP contribution in [0, 0.1) is 25.5 Å². The third-order valence-corrected chi connectivity index (χ3v) is 5.00. The number of rotatable bonds is 4. The fraction of sp³-hybridized carbons (Fsp3) is 0.143. The Morgan fingerprint density at radius 1 is 1.10 bits per heavy atom. The van der Waals surface area contributed by atoms with Crippen LogP contribution in [0.4, 0.5) is 14.5 Å². The second kappa shape index (κ2) is 7.92. The van der Waals surface area contributed by atoms with E-state index in [0.29, 0.717) is 39.1 Å². The van der Waals surface area contributed by atoms with Crippen molar-refractivity contribution in [3.8, 4) is 5.69 Å². The van der Waals surface area contributed by atoms with Crippen LogP contribution in [0.5, 0.6) is 0 Å². The van der Waals surface area contributed by atoms with Crippen molar-refractivity contribution >= 4 is 34.1 Å². The molecule has 1 N–H and O–H groups in total. The smallest absolute Gasteiger partial charge is 0.278 e. The summed E-state index contributed by atoms with van der Waals surface area (Å²) in [5.41, 5.74) is 1.46. The van der Waals surface area contributed by atoms with Gasteiger partial charge in [-0.25, -0.2) is 18.1 Å². The van der Waals surface area contributed by atoms with E-state index in [-0.39, 0.29) is 5.69 Å². The molecule has 0 aliphatic rings. The van der Waals surface area contributed by atoms with Crippen molar-refractivity contribution in [1.82, 2.24) is 19.6 Å². The Labute approximate surface area is 179 Å². The van der Waals surface area contributed by atoms with Gasteiger partial charge < -0.3 is 5.32 Å². The first-order chi connectivity index (χ1) is 14.7. The molecule has 2 aromatic heterocycles. The summed E-state index contributed by atoms with van der Waals surface area (Å²) in [6, 6.07) is 9.75. The van der Waals surface area contributed by atoms with Crippen LogP contribution in [-0.2, 0) is 11.3 Å². The number of carbonyl (C=O) groups excluding carboxylic acids is 1. The van der Waals surface area contributed by atoms with Crippen molar-refractivity contribution in [1.29, 1.82) is 0 Å². The second-order valence-electron chi connectivity index (χ2n) is 6.92. The lowest BCUT2D eigenvalue weighted by molar-refractivity contribution is -0.117. The molecular formula is C21H16ClF2N5O2. The Bertz CT molecular complexity index is 1380. The molecular weight excluding hydrogens is 428 g/mol. The molecule has 158 valence electrons. The zero-order chi connectivity index (χ0) is 22.3.